The molecule has 0 saturated heterocycles. The van der Waals surface area contributed by atoms with Crippen molar-refractivity contribution >= 4 is 48.0 Å². The highest BCUT2D eigenvalue weighted by Crippen LogP contribution is 2.03. The van der Waals surface area contributed by atoms with Crippen molar-refractivity contribution in [3.63, 3.8) is 0 Å². The van der Waals surface area contributed by atoms with E-state index in [1.54, 1.807) is 0 Å². The highest BCUT2D eigenvalue weighted by molar-refractivity contribution is 14.0. The second-order valence-corrected chi connectivity index (χ2v) is 6.50. The van der Waals surface area contributed by atoms with Gasteiger partial charge in [0.15, 0.2) is 23.8 Å². The van der Waals surface area contributed by atoms with E-state index in [0.717, 1.165) is 13.1 Å². The molecule has 0 aliphatic rings. The minimum atomic E-state index is 0. The van der Waals surface area contributed by atoms with Gasteiger partial charge in [-0.3, -0.25) is 0 Å². The molecule has 2 aromatic heterocycles. The first-order valence-electron chi connectivity index (χ1n) is 8.49. The number of aromatic nitrogens is 2. The van der Waals surface area contributed by atoms with Crippen molar-refractivity contribution in [3.8, 4) is 0 Å². The molecule has 0 aromatic carbocycles. The smallest absolute Gasteiger partial charge is 0.178 e. The molecule has 0 aliphatic heterocycles. The SMILES string of the molecule is Cc1ccc(C)[n+](CCCCCC[n+]2cc(C)ccc2C)c1.I.I. The molecule has 2 rings (SSSR count). The molecule has 2 aromatic rings. The van der Waals surface area contributed by atoms with Crippen LogP contribution in [0.1, 0.15) is 48.2 Å². The summed E-state index contributed by atoms with van der Waals surface area (Å²) in [6.45, 7) is 11.0. The van der Waals surface area contributed by atoms with Gasteiger partial charge in [0.1, 0.15) is 13.1 Å². The molecule has 0 spiro atoms. The van der Waals surface area contributed by atoms with Crippen LogP contribution in [0.15, 0.2) is 36.7 Å². The van der Waals surface area contributed by atoms with Crippen molar-refractivity contribution < 1.29 is 9.13 Å². The number of hydrogen-bond acceptors (Lipinski definition) is 0. The van der Waals surface area contributed by atoms with Crippen molar-refractivity contribution in [2.24, 2.45) is 0 Å². The lowest BCUT2D eigenvalue weighted by Crippen LogP contribution is -2.37. The third-order valence-corrected chi connectivity index (χ3v) is 4.35. The molecule has 0 fully saturated rings. The minimum Gasteiger partial charge on any atom is -0.202 e. The summed E-state index contributed by atoms with van der Waals surface area (Å²) < 4.78 is 4.77. The van der Waals surface area contributed by atoms with Crippen LogP contribution in [0.4, 0.5) is 0 Å². The zero-order valence-corrected chi connectivity index (χ0v) is 20.1. The van der Waals surface area contributed by atoms with Gasteiger partial charge in [0.05, 0.1) is 0 Å². The van der Waals surface area contributed by atoms with Gasteiger partial charge in [0, 0.05) is 49.9 Å². The quantitative estimate of drug-likeness (QED) is 0.259. The van der Waals surface area contributed by atoms with Gasteiger partial charge in [-0.1, -0.05) is 0 Å². The Morgan fingerprint density at radius 2 is 0.958 bits per heavy atom. The van der Waals surface area contributed by atoms with E-state index in [4.69, 9.17) is 0 Å². The number of unbranched alkanes of at least 4 members (excludes halogenated alkanes) is 3. The van der Waals surface area contributed by atoms with E-state index in [9.17, 15) is 0 Å². The van der Waals surface area contributed by atoms with Crippen molar-refractivity contribution in [2.75, 3.05) is 0 Å². The summed E-state index contributed by atoms with van der Waals surface area (Å²) in [5.74, 6) is 0. The molecule has 0 saturated carbocycles. The second kappa shape index (κ2) is 12.2. The van der Waals surface area contributed by atoms with Gasteiger partial charge in [-0.15, -0.1) is 48.0 Å². The van der Waals surface area contributed by atoms with E-state index in [-0.39, 0.29) is 48.0 Å². The average Bonchev–Trinajstić information content (AvgIpc) is 2.49. The minimum absolute atomic E-state index is 0. The Balaban J connectivity index is 0.00000264. The summed E-state index contributed by atoms with van der Waals surface area (Å²) in [7, 11) is 0. The fourth-order valence-electron chi connectivity index (χ4n) is 2.88. The summed E-state index contributed by atoms with van der Waals surface area (Å²) in [5, 5.41) is 0. The largest absolute Gasteiger partial charge is 0.202 e. The van der Waals surface area contributed by atoms with Crippen LogP contribution in [0.2, 0.25) is 0 Å². The molecule has 0 aliphatic carbocycles. The van der Waals surface area contributed by atoms with Gasteiger partial charge in [-0.25, -0.2) is 9.13 Å². The lowest BCUT2D eigenvalue weighted by atomic mass is 10.1. The van der Waals surface area contributed by atoms with E-state index >= 15 is 0 Å². The summed E-state index contributed by atoms with van der Waals surface area (Å²) in [6, 6.07) is 8.81. The summed E-state index contributed by atoms with van der Waals surface area (Å²) in [4.78, 5) is 0. The first-order valence-corrected chi connectivity index (χ1v) is 8.49. The van der Waals surface area contributed by atoms with Crippen LogP contribution < -0.4 is 9.13 Å². The third-order valence-electron chi connectivity index (χ3n) is 4.35. The van der Waals surface area contributed by atoms with E-state index < -0.39 is 0 Å². The van der Waals surface area contributed by atoms with Crippen LogP contribution in [-0.4, -0.2) is 0 Å². The molecular weight excluding hydrogens is 522 g/mol. The molecule has 4 heteroatoms. The Kier molecular flexibility index (Phi) is 12.0. The van der Waals surface area contributed by atoms with Gasteiger partial charge in [-0.05, 0) is 38.8 Å². The van der Waals surface area contributed by atoms with Crippen LogP contribution in [0.25, 0.3) is 0 Å². The fourth-order valence-corrected chi connectivity index (χ4v) is 2.88. The molecule has 24 heavy (non-hydrogen) atoms. The zero-order valence-electron chi connectivity index (χ0n) is 15.4. The monoisotopic (exact) mass is 554 g/mol. The maximum Gasteiger partial charge on any atom is 0.178 e. The van der Waals surface area contributed by atoms with Crippen LogP contribution in [-0.2, 0) is 13.1 Å². The molecule has 0 radical (unpaired) electrons. The Labute approximate surface area is 181 Å². The number of pyridine rings is 2. The molecule has 0 amide bonds. The Hall–Kier alpha value is -0.240. The standard InChI is InChI=1S/C20H30N2.2HI/c1-17-9-11-19(3)21(15-17)13-7-5-6-8-14-22-16-18(2)10-12-20(22)4;;/h9-12,15-16H,5-8,13-14H2,1-4H3;2*1H/q+2;;. The lowest BCUT2D eigenvalue weighted by Gasteiger charge is -2.03. The predicted molar refractivity (Wildman–Crippen MR) is 122 cm³/mol. The number of rotatable bonds is 7. The van der Waals surface area contributed by atoms with Gasteiger partial charge in [0.25, 0.3) is 0 Å². The molecule has 0 atom stereocenters. The second-order valence-electron chi connectivity index (χ2n) is 6.50. The number of aryl methyl sites for hydroxylation is 6. The zero-order chi connectivity index (χ0) is 15.9. The van der Waals surface area contributed by atoms with Crippen LogP contribution >= 0.6 is 48.0 Å². The highest BCUT2D eigenvalue weighted by atomic mass is 127. The highest BCUT2D eigenvalue weighted by Gasteiger charge is 2.07. The molecule has 134 valence electrons. The van der Waals surface area contributed by atoms with Crippen molar-refractivity contribution in [1.29, 1.82) is 0 Å². The molecule has 2 nitrogen and oxygen atoms in total. The first kappa shape index (κ1) is 23.8. The average molecular weight is 554 g/mol. The summed E-state index contributed by atoms with van der Waals surface area (Å²) >= 11 is 0. The first-order chi connectivity index (χ1) is 10.6. The molecule has 0 bridgehead atoms. The number of nitrogens with zero attached hydrogens (tertiary/aromatic N) is 2. The topological polar surface area (TPSA) is 7.76 Å². The fraction of sp³-hybridized carbons (Fsp3) is 0.500. The van der Waals surface area contributed by atoms with Gasteiger partial charge >= 0.3 is 0 Å². The Bertz CT molecular complexity index is 572. The summed E-state index contributed by atoms with van der Waals surface area (Å²) in [5.41, 5.74) is 5.40. The van der Waals surface area contributed by atoms with Crippen LogP contribution in [0.3, 0.4) is 0 Å². The number of hydrogen-bond donors (Lipinski definition) is 0. The van der Waals surface area contributed by atoms with E-state index in [1.165, 1.54) is 48.2 Å². The maximum atomic E-state index is 2.38. The van der Waals surface area contributed by atoms with E-state index in [2.05, 4.69) is 73.5 Å². The van der Waals surface area contributed by atoms with Crippen LogP contribution in [0, 0.1) is 27.7 Å². The maximum absolute atomic E-state index is 2.38. The van der Waals surface area contributed by atoms with Gasteiger partial charge in [0.2, 0.25) is 0 Å². The number of halogens is 2. The van der Waals surface area contributed by atoms with Crippen molar-refractivity contribution in [3.05, 3.63) is 59.2 Å². The van der Waals surface area contributed by atoms with Crippen LogP contribution in [0.5, 0.6) is 0 Å². The lowest BCUT2D eigenvalue weighted by molar-refractivity contribution is -0.705. The van der Waals surface area contributed by atoms with Crippen molar-refractivity contribution in [2.45, 2.75) is 66.5 Å². The Morgan fingerprint density at radius 1 is 0.583 bits per heavy atom. The molecule has 2 heterocycles. The molecule has 0 N–H and O–H groups in total. The van der Waals surface area contributed by atoms with E-state index in [0.29, 0.717) is 0 Å². The summed E-state index contributed by atoms with van der Waals surface area (Å²) in [6.07, 6.45) is 9.69. The van der Waals surface area contributed by atoms with Gasteiger partial charge in [-0.2, -0.15) is 0 Å². The Morgan fingerprint density at radius 3 is 1.33 bits per heavy atom. The van der Waals surface area contributed by atoms with Gasteiger partial charge < -0.3 is 0 Å². The normalized spacial score (nSPS) is 10.0. The third kappa shape index (κ3) is 7.76. The molecule has 0 unspecified atom stereocenters. The predicted octanol–water partition coefficient (Wildman–Crippen LogP) is 4.99. The van der Waals surface area contributed by atoms with E-state index in [1.807, 2.05) is 0 Å². The van der Waals surface area contributed by atoms with Crippen molar-refractivity contribution in [1.82, 2.24) is 0 Å². The molecular formula is C20H32I2N2+2.